The zero-order valence-electron chi connectivity index (χ0n) is 17.1. The molecule has 0 amide bonds. The Morgan fingerprint density at radius 3 is 2.28 bits per heavy atom. The highest BCUT2D eigenvalue weighted by molar-refractivity contribution is 9.10. The van der Waals surface area contributed by atoms with Crippen molar-refractivity contribution in [2.45, 2.75) is 56.8 Å². The lowest BCUT2D eigenvalue weighted by atomic mass is 9.42. The normalized spacial score (nSPS) is 32.6. The van der Waals surface area contributed by atoms with Crippen LogP contribution in [0.4, 0.5) is 0 Å². The molecular formula is C26H31BrClN. The van der Waals surface area contributed by atoms with Gasteiger partial charge in [0.2, 0.25) is 0 Å². The van der Waals surface area contributed by atoms with Gasteiger partial charge in [0.05, 0.1) is 0 Å². The summed E-state index contributed by atoms with van der Waals surface area (Å²) in [4.78, 5) is 0. The fraction of sp³-hybridized carbons (Fsp3) is 0.538. The van der Waals surface area contributed by atoms with Gasteiger partial charge in [-0.25, -0.2) is 0 Å². The zero-order chi connectivity index (χ0) is 19.9. The molecule has 0 spiro atoms. The van der Waals surface area contributed by atoms with Crippen LogP contribution in [0.2, 0.25) is 5.02 Å². The van der Waals surface area contributed by atoms with E-state index in [9.17, 15) is 0 Å². The highest BCUT2D eigenvalue weighted by Crippen LogP contribution is 2.66. The number of halogens is 2. The molecule has 2 unspecified atom stereocenters. The minimum Gasteiger partial charge on any atom is -0.316 e. The van der Waals surface area contributed by atoms with Crippen molar-refractivity contribution in [1.82, 2.24) is 5.32 Å². The minimum absolute atomic E-state index is 0.423. The van der Waals surface area contributed by atoms with Crippen LogP contribution in [0.5, 0.6) is 0 Å². The van der Waals surface area contributed by atoms with Crippen LogP contribution in [-0.2, 0) is 11.8 Å². The number of nitrogens with one attached hydrogen (secondary N) is 1. The summed E-state index contributed by atoms with van der Waals surface area (Å²) < 4.78 is 1.16. The monoisotopic (exact) mass is 471 g/mol. The molecule has 0 heterocycles. The molecule has 0 saturated heterocycles. The molecule has 3 heteroatoms. The average molecular weight is 473 g/mol. The molecule has 2 aromatic rings. The van der Waals surface area contributed by atoms with Gasteiger partial charge in [-0.05, 0) is 123 Å². The van der Waals surface area contributed by atoms with Gasteiger partial charge in [-0.15, -0.1) is 0 Å². The Morgan fingerprint density at radius 2 is 1.59 bits per heavy atom. The van der Waals surface area contributed by atoms with Gasteiger partial charge in [-0.2, -0.15) is 0 Å². The molecule has 0 aliphatic heterocycles. The van der Waals surface area contributed by atoms with E-state index in [0.29, 0.717) is 10.8 Å². The molecule has 154 valence electrons. The Morgan fingerprint density at radius 1 is 0.897 bits per heavy atom. The smallest absolute Gasteiger partial charge is 0.0406 e. The third kappa shape index (κ3) is 4.18. The quantitative estimate of drug-likeness (QED) is 0.421. The van der Waals surface area contributed by atoms with Crippen molar-refractivity contribution >= 4 is 27.5 Å². The van der Waals surface area contributed by atoms with Crippen molar-refractivity contribution in [2.75, 3.05) is 13.1 Å². The van der Waals surface area contributed by atoms with Gasteiger partial charge < -0.3 is 5.32 Å². The molecule has 4 bridgehead atoms. The lowest BCUT2D eigenvalue weighted by Gasteiger charge is -2.63. The first-order chi connectivity index (χ1) is 14.0. The van der Waals surface area contributed by atoms with E-state index in [4.69, 9.17) is 11.6 Å². The number of rotatable bonds is 7. The molecule has 29 heavy (non-hydrogen) atoms. The molecule has 6 rings (SSSR count). The van der Waals surface area contributed by atoms with Crippen LogP contribution in [0.3, 0.4) is 0 Å². The molecule has 4 fully saturated rings. The second-order valence-corrected chi connectivity index (χ2v) is 11.5. The first-order valence-corrected chi connectivity index (χ1v) is 12.4. The summed E-state index contributed by atoms with van der Waals surface area (Å²) in [6.45, 7) is 2.24. The minimum atomic E-state index is 0.423. The molecule has 0 radical (unpaired) electrons. The Balaban J connectivity index is 1.21. The van der Waals surface area contributed by atoms with Crippen molar-refractivity contribution in [1.29, 1.82) is 0 Å². The lowest BCUT2D eigenvalue weighted by Crippen LogP contribution is -2.54. The third-order valence-electron chi connectivity index (χ3n) is 7.97. The molecule has 1 N–H and O–H groups in total. The number of hydrogen-bond donors (Lipinski definition) is 1. The average Bonchev–Trinajstić information content (AvgIpc) is 2.68. The Kier molecular flexibility index (Phi) is 5.56. The van der Waals surface area contributed by atoms with E-state index in [2.05, 4.69) is 69.8 Å². The molecular weight excluding hydrogens is 442 g/mol. The molecule has 2 atom stereocenters. The van der Waals surface area contributed by atoms with E-state index in [1.165, 1.54) is 50.5 Å². The summed E-state index contributed by atoms with van der Waals surface area (Å²) >= 11 is 9.70. The second-order valence-electron chi connectivity index (χ2n) is 10.1. The van der Waals surface area contributed by atoms with E-state index in [-0.39, 0.29) is 0 Å². The Bertz CT molecular complexity index is 830. The van der Waals surface area contributed by atoms with E-state index in [1.54, 1.807) is 5.56 Å². The zero-order valence-corrected chi connectivity index (χ0v) is 19.4. The molecule has 4 aliphatic carbocycles. The van der Waals surface area contributed by atoms with Crippen molar-refractivity contribution in [3.05, 3.63) is 69.2 Å². The van der Waals surface area contributed by atoms with Gasteiger partial charge >= 0.3 is 0 Å². The predicted molar refractivity (Wildman–Crippen MR) is 126 cm³/mol. The van der Waals surface area contributed by atoms with Crippen LogP contribution in [0.25, 0.3) is 0 Å². The largest absolute Gasteiger partial charge is 0.316 e. The van der Waals surface area contributed by atoms with Crippen LogP contribution in [0.15, 0.2) is 53.0 Å². The van der Waals surface area contributed by atoms with Gasteiger partial charge in [-0.1, -0.05) is 51.8 Å². The number of hydrogen-bond acceptors (Lipinski definition) is 1. The summed E-state index contributed by atoms with van der Waals surface area (Å²) in [6.07, 6.45) is 11.1. The summed E-state index contributed by atoms with van der Waals surface area (Å²) in [5.41, 5.74) is 3.96. The predicted octanol–water partition coefficient (Wildman–Crippen LogP) is 7.16. The maximum atomic E-state index is 6.19. The van der Waals surface area contributed by atoms with E-state index in [0.717, 1.165) is 40.8 Å². The summed E-state index contributed by atoms with van der Waals surface area (Å²) in [5.74, 6) is 1.88. The summed E-state index contributed by atoms with van der Waals surface area (Å²) in [6, 6.07) is 17.6. The van der Waals surface area contributed by atoms with E-state index >= 15 is 0 Å². The van der Waals surface area contributed by atoms with Crippen LogP contribution in [0.1, 0.15) is 56.1 Å². The molecule has 2 aromatic carbocycles. The first kappa shape index (κ1) is 20.1. The third-order valence-corrected chi connectivity index (χ3v) is 8.76. The van der Waals surface area contributed by atoms with E-state index < -0.39 is 0 Å². The van der Waals surface area contributed by atoms with Gasteiger partial charge in [0.15, 0.2) is 0 Å². The SMILES string of the molecule is Clc1ccc(C23CC4CC(CC(CCNCCc5ccc(Br)cc5)(C4)C2)C3)cc1. The van der Waals surface area contributed by atoms with Crippen LogP contribution >= 0.6 is 27.5 Å². The van der Waals surface area contributed by atoms with Gasteiger partial charge in [0.25, 0.3) is 0 Å². The summed E-state index contributed by atoms with van der Waals surface area (Å²) in [7, 11) is 0. The maximum Gasteiger partial charge on any atom is 0.0406 e. The van der Waals surface area contributed by atoms with Crippen molar-refractivity contribution < 1.29 is 0 Å². The molecule has 4 aliphatic rings. The fourth-order valence-electron chi connectivity index (χ4n) is 7.25. The van der Waals surface area contributed by atoms with Crippen LogP contribution in [-0.4, -0.2) is 13.1 Å². The topological polar surface area (TPSA) is 12.0 Å². The van der Waals surface area contributed by atoms with Crippen LogP contribution < -0.4 is 5.32 Å². The fourth-order valence-corrected chi connectivity index (χ4v) is 7.64. The van der Waals surface area contributed by atoms with Gasteiger partial charge in [-0.3, -0.25) is 0 Å². The van der Waals surface area contributed by atoms with E-state index in [1.807, 2.05) is 0 Å². The standard InChI is InChI=1S/C26H31BrClN/c27-23-5-1-19(2-6-23)9-11-29-12-10-25-14-20-13-21(15-25)17-26(16-20,18-25)22-3-7-24(28)8-4-22/h1-8,20-21,29H,9-18H2. The van der Waals surface area contributed by atoms with Gasteiger partial charge in [0, 0.05) is 9.50 Å². The summed E-state index contributed by atoms with van der Waals surface area (Å²) in [5, 5.41) is 4.62. The number of benzene rings is 2. The second kappa shape index (κ2) is 8.02. The highest BCUT2D eigenvalue weighted by Gasteiger charge is 2.57. The molecule has 0 aromatic heterocycles. The van der Waals surface area contributed by atoms with Crippen molar-refractivity contribution in [3.63, 3.8) is 0 Å². The molecule has 4 saturated carbocycles. The Hall–Kier alpha value is -0.830. The van der Waals surface area contributed by atoms with Crippen LogP contribution in [0, 0.1) is 17.3 Å². The Labute approximate surface area is 188 Å². The van der Waals surface area contributed by atoms with Crippen molar-refractivity contribution in [2.24, 2.45) is 17.3 Å². The molecule has 1 nitrogen and oxygen atoms in total. The highest BCUT2D eigenvalue weighted by atomic mass is 79.9. The maximum absolute atomic E-state index is 6.19. The van der Waals surface area contributed by atoms with Gasteiger partial charge in [0.1, 0.15) is 0 Å². The van der Waals surface area contributed by atoms with Crippen molar-refractivity contribution in [3.8, 4) is 0 Å². The first-order valence-electron chi connectivity index (χ1n) is 11.3. The lowest BCUT2D eigenvalue weighted by molar-refractivity contribution is -0.0757.